The number of carbonyl (C=O) groups excluding carboxylic acids is 1. The van der Waals surface area contributed by atoms with Gasteiger partial charge in [0.2, 0.25) is 12.5 Å². The van der Waals surface area contributed by atoms with Gasteiger partial charge in [-0.15, -0.1) is 0 Å². The first kappa shape index (κ1) is 22.0. The van der Waals surface area contributed by atoms with Gasteiger partial charge in [0.25, 0.3) is 0 Å². The number of fused-ring (bicyclic) bond motifs is 1. The van der Waals surface area contributed by atoms with E-state index >= 15 is 0 Å². The maximum Gasteiger partial charge on any atom is 0.547 e. The number of nitro groups is 1. The Morgan fingerprint density at radius 3 is 2.67 bits per heavy atom. The molecule has 1 heterocycles. The predicted molar refractivity (Wildman–Crippen MR) is 108 cm³/mol. The van der Waals surface area contributed by atoms with Crippen molar-refractivity contribution in [2.75, 3.05) is 13.1 Å². The molecule has 1 saturated carbocycles. The Labute approximate surface area is 174 Å². The average Bonchev–Trinajstić information content (AvgIpc) is 2.68. The van der Waals surface area contributed by atoms with Gasteiger partial charge in [-0.25, -0.2) is 4.79 Å². The lowest BCUT2D eigenvalue weighted by molar-refractivity contribution is -0.499. The number of aromatic carboxylic acids is 1. The third-order valence-electron chi connectivity index (χ3n) is 6.20. The Balaban J connectivity index is 1.68. The van der Waals surface area contributed by atoms with Gasteiger partial charge >= 0.3 is 13.1 Å². The quantitative estimate of drug-likeness (QED) is 0.284. The molecule has 5 N–H and O–H groups in total. The second-order valence-electron chi connectivity index (χ2n) is 8.33. The van der Waals surface area contributed by atoms with Crippen LogP contribution in [0.25, 0.3) is 0 Å². The molecule has 0 aromatic heterocycles. The van der Waals surface area contributed by atoms with Crippen LogP contribution in [-0.2, 0) is 11.2 Å². The van der Waals surface area contributed by atoms with Gasteiger partial charge in [0.15, 0.2) is 0 Å². The van der Waals surface area contributed by atoms with E-state index in [1.54, 1.807) is 12.1 Å². The molecule has 11 heteroatoms. The molecule has 10 nitrogen and oxygen atoms in total. The number of hydrogen-bond acceptors (Lipinski definition) is 7. The first-order valence-electron chi connectivity index (χ1n) is 10.0. The van der Waals surface area contributed by atoms with E-state index in [9.17, 15) is 29.8 Å². The number of amides is 1. The monoisotopic (exact) mass is 419 g/mol. The first-order valence-corrected chi connectivity index (χ1v) is 10.0. The third-order valence-corrected chi connectivity index (χ3v) is 6.20. The minimum absolute atomic E-state index is 0.0173. The fourth-order valence-electron chi connectivity index (χ4n) is 4.50. The fraction of sp³-hybridized carbons (Fsp3) is 0.579. The summed E-state index contributed by atoms with van der Waals surface area (Å²) in [5.41, 5.74) is 5.49. The summed E-state index contributed by atoms with van der Waals surface area (Å²) >= 11 is 0. The molecular formula is C19H26BN3O7. The highest BCUT2D eigenvalue weighted by Crippen LogP contribution is 2.41. The summed E-state index contributed by atoms with van der Waals surface area (Å²) in [5.74, 6) is -1.93. The van der Waals surface area contributed by atoms with Crippen molar-refractivity contribution in [3.05, 3.63) is 39.4 Å². The second kappa shape index (κ2) is 9.01. The van der Waals surface area contributed by atoms with Crippen molar-refractivity contribution in [3.63, 3.8) is 0 Å². The molecule has 0 saturated heterocycles. The minimum Gasteiger partial charge on any atom is -0.534 e. The normalized spacial score (nSPS) is 25.7. The largest absolute Gasteiger partial charge is 0.547 e. The number of nitrogens with zero attached hydrogens (tertiary/aromatic N) is 1. The van der Waals surface area contributed by atoms with Gasteiger partial charge in [-0.05, 0) is 56.2 Å². The molecule has 1 unspecified atom stereocenters. The maximum absolute atomic E-state index is 12.7. The molecular weight excluding hydrogens is 393 g/mol. The average molecular weight is 419 g/mol. The van der Waals surface area contributed by atoms with E-state index < -0.39 is 30.4 Å². The van der Waals surface area contributed by atoms with Gasteiger partial charge in [0.05, 0.1) is 11.5 Å². The van der Waals surface area contributed by atoms with Crippen LogP contribution in [0.15, 0.2) is 18.2 Å². The van der Waals surface area contributed by atoms with E-state index in [0.717, 1.165) is 12.8 Å². The SMILES string of the molecule is NCC1CCC(CC(=O)NC2Cc3cccc(C(=O)O)c3OB2O)(C[N+](=O)[O-])CC1. The predicted octanol–water partition coefficient (Wildman–Crippen LogP) is 0.626. The van der Waals surface area contributed by atoms with Gasteiger partial charge in [-0.1, -0.05) is 12.1 Å². The van der Waals surface area contributed by atoms with Crippen LogP contribution < -0.4 is 15.7 Å². The number of carboxylic acid groups (broad SMARTS) is 1. The van der Waals surface area contributed by atoms with Crippen LogP contribution in [0.4, 0.5) is 0 Å². The van der Waals surface area contributed by atoms with Crippen molar-refractivity contribution in [2.45, 2.75) is 44.5 Å². The number of carboxylic acids is 1. The van der Waals surface area contributed by atoms with Gasteiger partial charge in [-0.2, -0.15) is 0 Å². The summed E-state index contributed by atoms with van der Waals surface area (Å²) in [6.45, 7) is 0.246. The molecule has 3 rings (SSSR count). The van der Waals surface area contributed by atoms with Crippen LogP contribution in [-0.4, -0.2) is 53.1 Å². The lowest BCUT2D eigenvalue weighted by Crippen LogP contribution is -2.54. The Kier molecular flexibility index (Phi) is 6.62. The third kappa shape index (κ3) is 4.90. The van der Waals surface area contributed by atoms with E-state index in [1.165, 1.54) is 6.07 Å². The number of benzene rings is 1. The Morgan fingerprint density at radius 1 is 1.37 bits per heavy atom. The molecule has 0 bridgehead atoms. The van der Waals surface area contributed by atoms with Crippen molar-refractivity contribution < 1.29 is 29.3 Å². The summed E-state index contributed by atoms with van der Waals surface area (Å²) in [5, 5.41) is 33.5. The Hall–Kier alpha value is -2.66. The number of nitrogens with one attached hydrogen (secondary N) is 1. The molecule has 1 aromatic carbocycles. The smallest absolute Gasteiger partial charge is 0.534 e. The number of nitrogens with two attached hydrogens (primary N) is 1. The van der Waals surface area contributed by atoms with E-state index in [4.69, 9.17) is 10.4 Å². The molecule has 0 radical (unpaired) electrons. The van der Waals surface area contributed by atoms with Crippen LogP contribution in [0, 0.1) is 21.4 Å². The zero-order valence-electron chi connectivity index (χ0n) is 16.6. The molecule has 0 spiro atoms. The van der Waals surface area contributed by atoms with E-state index in [1.807, 2.05) is 0 Å². The van der Waals surface area contributed by atoms with Crippen molar-refractivity contribution >= 4 is 19.0 Å². The minimum atomic E-state index is -1.42. The number of carbonyl (C=O) groups is 2. The summed E-state index contributed by atoms with van der Waals surface area (Å²) in [6.07, 6.45) is 2.78. The van der Waals surface area contributed by atoms with E-state index in [2.05, 4.69) is 5.32 Å². The summed E-state index contributed by atoms with van der Waals surface area (Å²) in [7, 11) is -1.42. The summed E-state index contributed by atoms with van der Waals surface area (Å²) < 4.78 is 5.38. The van der Waals surface area contributed by atoms with E-state index in [0.29, 0.717) is 30.9 Å². The van der Waals surface area contributed by atoms with Crippen LogP contribution in [0.2, 0.25) is 0 Å². The molecule has 1 aromatic rings. The molecule has 1 amide bonds. The van der Waals surface area contributed by atoms with Gasteiger partial charge in [-0.3, -0.25) is 14.9 Å². The van der Waals surface area contributed by atoms with Crippen LogP contribution >= 0.6 is 0 Å². The topological polar surface area (TPSA) is 165 Å². The molecule has 162 valence electrons. The first-order chi connectivity index (χ1) is 14.2. The molecule has 30 heavy (non-hydrogen) atoms. The van der Waals surface area contributed by atoms with Crippen molar-refractivity contribution in [3.8, 4) is 5.75 Å². The zero-order valence-corrected chi connectivity index (χ0v) is 16.6. The number of rotatable bonds is 7. The molecule has 1 fully saturated rings. The van der Waals surface area contributed by atoms with Gasteiger partial charge in [0.1, 0.15) is 5.75 Å². The Bertz CT molecular complexity index is 826. The van der Waals surface area contributed by atoms with E-state index in [-0.39, 0.29) is 35.6 Å². The zero-order chi connectivity index (χ0) is 21.9. The van der Waals surface area contributed by atoms with Crippen molar-refractivity contribution in [1.82, 2.24) is 5.32 Å². The molecule has 1 aliphatic heterocycles. The van der Waals surface area contributed by atoms with Crippen molar-refractivity contribution in [1.29, 1.82) is 0 Å². The molecule has 1 atom stereocenters. The molecule has 2 aliphatic rings. The lowest BCUT2D eigenvalue weighted by Gasteiger charge is -2.37. The summed E-state index contributed by atoms with van der Waals surface area (Å²) in [6, 6.07) is 4.63. The maximum atomic E-state index is 12.7. The van der Waals surface area contributed by atoms with Crippen LogP contribution in [0.5, 0.6) is 5.75 Å². The molecule has 1 aliphatic carbocycles. The van der Waals surface area contributed by atoms with Crippen LogP contribution in [0.1, 0.15) is 48.0 Å². The number of hydrogen-bond donors (Lipinski definition) is 4. The van der Waals surface area contributed by atoms with Gasteiger partial charge in [0, 0.05) is 16.8 Å². The highest BCUT2D eigenvalue weighted by Gasteiger charge is 2.43. The standard InChI is InChI=1S/C19H26BN3O7/c21-10-12-4-6-19(7-5-12,11-23(28)29)9-16(24)22-15-8-13-2-1-3-14(18(25)26)17(13)30-20(15)27/h1-3,12,15,27H,4-11,21H2,(H,22,24)(H,25,26). The summed E-state index contributed by atoms with van der Waals surface area (Å²) in [4.78, 5) is 34.9. The fourth-order valence-corrected chi connectivity index (χ4v) is 4.50. The lowest BCUT2D eigenvalue weighted by atomic mass is 9.68. The number of para-hydroxylation sites is 1. The van der Waals surface area contributed by atoms with Gasteiger partial charge < -0.3 is 25.8 Å². The highest BCUT2D eigenvalue weighted by molar-refractivity contribution is 6.47. The van der Waals surface area contributed by atoms with Crippen LogP contribution in [0.3, 0.4) is 0 Å². The van der Waals surface area contributed by atoms with Crippen molar-refractivity contribution in [2.24, 2.45) is 17.1 Å². The second-order valence-corrected chi connectivity index (χ2v) is 8.33. The Morgan fingerprint density at radius 2 is 2.07 bits per heavy atom. The highest BCUT2D eigenvalue weighted by atomic mass is 16.6.